The molecule has 4 nitrogen and oxygen atoms in total. The van der Waals surface area contributed by atoms with E-state index in [1.54, 1.807) is 0 Å². The summed E-state index contributed by atoms with van der Waals surface area (Å²) >= 11 is 0. The van der Waals surface area contributed by atoms with Crippen LogP contribution in [0.2, 0.25) is 0 Å². The molecule has 0 unspecified atom stereocenters. The molecule has 1 saturated heterocycles. The molecule has 1 fully saturated rings. The van der Waals surface area contributed by atoms with Gasteiger partial charge in [0.2, 0.25) is 0 Å². The Morgan fingerprint density at radius 3 is 2.38 bits per heavy atom. The summed E-state index contributed by atoms with van der Waals surface area (Å²) < 4.78 is 0. The summed E-state index contributed by atoms with van der Waals surface area (Å²) in [5, 5.41) is 3.07. The fraction of sp³-hybridized carbons (Fsp3) is 0.409. The van der Waals surface area contributed by atoms with Gasteiger partial charge in [0.1, 0.15) is 0 Å². The van der Waals surface area contributed by atoms with E-state index in [0.717, 1.165) is 52.0 Å². The average molecular weight is 351 g/mol. The van der Waals surface area contributed by atoms with Gasteiger partial charge in [0.05, 0.1) is 0 Å². The van der Waals surface area contributed by atoms with Gasteiger partial charge >= 0.3 is 6.03 Å². The third-order valence-corrected chi connectivity index (χ3v) is 5.04. The molecular formula is C22H29N3O. The molecule has 3 rings (SSSR count). The molecule has 0 radical (unpaired) electrons. The van der Waals surface area contributed by atoms with Crippen molar-refractivity contribution in [2.45, 2.75) is 26.2 Å². The van der Waals surface area contributed by atoms with Crippen LogP contribution < -0.4 is 10.2 Å². The third kappa shape index (κ3) is 4.78. The van der Waals surface area contributed by atoms with Gasteiger partial charge in [-0.3, -0.25) is 0 Å². The maximum Gasteiger partial charge on any atom is 0.317 e. The molecule has 1 aliphatic rings. The Hall–Kier alpha value is -2.49. The van der Waals surface area contributed by atoms with Gasteiger partial charge in [-0.15, -0.1) is 0 Å². The number of nitrogens with one attached hydrogen (secondary N) is 1. The SMILES string of the molecule is CCc1ccccc1N1CCN(C(=O)NCCCc2ccccc2)CC1. The molecule has 26 heavy (non-hydrogen) atoms. The van der Waals surface area contributed by atoms with Crippen molar-refractivity contribution in [1.29, 1.82) is 0 Å². The number of benzene rings is 2. The molecule has 1 heterocycles. The number of piperazine rings is 1. The summed E-state index contributed by atoms with van der Waals surface area (Å²) in [4.78, 5) is 16.7. The molecule has 0 atom stereocenters. The van der Waals surface area contributed by atoms with Crippen LogP contribution in [0.25, 0.3) is 0 Å². The van der Waals surface area contributed by atoms with Crippen molar-refractivity contribution in [2.24, 2.45) is 0 Å². The number of hydrogen-bond donors (Lipinski definition) is 1. The zero-order valence-corrected chi connectivity index (χ0v) is 15.7. The highest BCUT2D eigenvalue weighted by Crippen LogP contribution is 2.22. The molecule has 1 aliphatic heterocycles. The Labute approximate surface area is 156 Å². The lowest BCUT2D eigenvalue weighted by molar-refractivity contribution is 0.194. The standard InChI is InChI=1S/C22H29N3O/c1-2-20-12-6-7-13-21(20)24-15-17-25(18-16-24)22(26)23-14-8-11-19-9-4-3-5-10-19/h3-7,9-10,12-13H,2,8,11,14-18H2,1H3,(H,23,26). The van der Waals surface area contributed by atoms with Crippen LogP contribution in [0.15, 0.2) is 54.6 Å². The first-order chi connectivity index (χ1) is 12.8. The van der Waals surface area contributed by atoms with Crippen LogP contribution in [0, 0.1) is 0 Å². The van der Waals surface area contributed by atoms with Crippen molar-refractivity contribution in [3.63, 3.8) is 0 Å². The molecule has 4 heteroatoms. The summed E-state index contributed by atoms with van der Waals surface area (Å²) in [6.45, 7) is 6.28. The van der Waals surface area contributed by atoms with Crippen molar-refractivity contribution in [3.8, 4) is 0 Å². The zero-order valence-electron chi connectivity index (χ0n) is 15.7. The summed E-state index contributed by atoms with van der Waals surface area (Å²) in [6, 6.07) is 19.1. The largest absolute Gasteiger partial charge is 0.368 e. The zero-order chi connectivity index (χ0) is 18.2. The highest BCUT2D eigenvalue weighted by Gasteiger charge is 2.21. The van der Waals surface area contributed by atoms with Crippen LogP contribution in [0.4, 0.5) is 10.5 Å². The molecule has 2 amide bonds. The van der Waals surface area contributed by atoms with E-state index in [1.165, 1.54) is 16.8 Å². The predicted molar refractivity (Wildman–Crippen MR) is 108 cm³/mol. The smallest absolute Gasteiger partial charge is 0.317 e. The van der Waals surface area contributed by atoms with Crippen molar-refractivity contribution in [3.05, 3.63) is 65.7 Å². The Bertz CT molecular complexity index is 694. The number of anilines is 1. The van der Waals surface area contributed by atoms with E-state index in [9.17, 15) is 4.79 Å². The molecule has 2 aromatic carbocycles. The number of nitrogens with zero attached hydrogens (tertiary/aromatic N) is 2. The monoisotopic (exact) mass is 351 g/mol. The Morgan fingerprint density at radius 1 is 0.962 bits per heavy atom. The lowest BCUT2D eigenvalue weighted by atomic mass is 10.1. The minimum Gasteiger partial charge on any atom is -0.368 e. The number of aryl methyl sites for hydroxylation is 2. The molecule has 0 aromatic heterocycles. The molecule has 0 bridgehead atoms. The van der Waals surface area contributed by atoms with Crippen molar-refractivity contribution in [2.75, 3.05) is 37.6 Å². The minimum absolute atomic E-state index is 0.0708. The summed E-state index contributed by atoms with van der Waals surface area (Å²) in [5.74, 6) is 0. The van der Waals surface area contributed by atoms with Crippen LogP contribution in [0.3, 0.4) is 0 Å². The van der Waals surface area contributed by atoms with Crippen molar-refractivity contribution >= 4 is 11.7 Å². The van der Waals surface area contributed by atoms with Gasteiger partial charge in [-0.1, -0.05) is 55.5 Å². The first-order valence-corrected chi connectivity index (χ1v) is 9.67. The number of hydrogen-bond acceptors (Lipinski definition) is 2. The van der Waals surface area contributed by atoms with E-state index in [0.29, 0.717) is 0 Å². The molecule has 0 aliphatic carbocycles. The van der Waals surface area contributed by atoms with Crippen molar-refractivity contribution < 1.29 is 4.79 Å². The van der Waals surface area contributed by atoms with E-state index in [1.807, 2.05) is 11.0 Å². The highest BCUT2D eigenvalue weighted by molar-refractivity contribution is 5.74. The van der Waals surface area contributed by atoms with E-state index in [2.05, 4.69) is 65.7 Å². The molecule has 1 N–H and O–H groups in total. The average Bonchev–Trinajstić information content (AvgIpc) is 2.72. The van der Waals surface area contributed by atoms with Crippen LogP contribution in [-0.2, 0) is 12.8 Å². The number of carbonyl (C=O) groups is 1. The summed E-state index contributed by atoms with van der Waals surface area (Å²) in [7, 11) is 0. The van der Waals surface area contributed by atoms with Gasteiger partial charge in [0.25, 0.3) is 0 Å². The van der Waals surface area contributed by atoms with Crippen LogP contribution in [0.5, 0.6) is 0 Å². The van der Waals surface area contributed by atoms with Gasteiger partial charge in [0, 0.05) is 38.4 Å². The molecule has 138 valence electrons. The van der Waals surface area contributed by atoms with Gasteiger partial charge in [-0.05, 0) is 36.5 Å². The van der Waals surface area contributed by atoms with Gasteiger partial charge in [-0.25, -0.2) is 4.79 Å². The second-order valence-electron chi connectivity index (χ2n) is 6.78. The third-order valence-electron chi connectivity index (χ3n) is 5.04. The molecule has 0 saturated carbocycles. The van der Waals surface area contributed by atoms with E-state index in [4.69, 9.17) is 0 Å². The van der Waals surface area contributed by atoms with Crippen molar-refractivity contribution in [1.82, 2.24) is 10.2 Å². The highest BCUT2D eigenvalue weighted by atomic mass is 16.2. The number of urea groups is 1. The fourth-order valence-electron chi connectivity index (χ4n) is 3.51. The Kier molecular flexibility index (Phi) is 6.53. The lowest BCUT2D eigenvalue weighted by Crippen LogP contribution is -2.52. The number of para-hydroxylation sites is 1. The quantitative estimate of drug-likeness (QED) is 0.805. The summed E-state index contributed by atoms with van der Waals surface area (Å²) in [6.07, 6.45) is 3.01. The van der Waals surface area contributed by atoms with Crippen LogP contribution in [0.1, 0.15) is 24.5 Å². The lowest BCUT2D eigenvalue weighted by Gasteiger charge is -2.37. The normalized spacial score (nSPS) is 14.3. The molecular weight excluding hydrogens is 322 g/mol. The Morgan fingerprint density at radius 2 is 1.65 bits per heavy atom. The van der Waals surface area contributed by atoms with Crippen LogP contribution >= 0.6 is 0 Å². The molecule has 0 spiro atoms. The number of rotatable bonds is 6. The van der Waals surface area contributed by atoms with Gasteiger partial charge < -0.3 is 15.1 Å². The van der Waals surface area contributed by atoms with Gasteiger partial charge in [-0.2, -0.15) is 0 Å². The van der Waals surface area contributed by atoms with Gasteiger partial charge in [0.15, 0.2) is 0 Å². The minimum atomic E-state index is 0.0708. The fourth-order valence-corrected chi connectivity index (χ4v) is 3.51. The molecule has 2 aromatic rings. The summed E-state index contributed by atoms with van der Waals surface area (Å²) in [5.41, 5.74) is 4.02. The van der Waals surface area contributed by atoms with E-state index >= 15 is 0 Å². The first-order valence-electron chi connectivity index (χ1n) is 9.67. The number of amides is 2. The van der Waals surface area contributed by atoms with E-state index < -0.39 is 0 Å². The second kappa shape index (κ2) is 9.27. The maximum atomic E-state index is 12.4. The van der Waals surface area contributed by atoms with Crippen LogP contribution in [-0.4, -0.2) is 43.7 Å². The first kappa shape index (κ1) is 18.3. The number of carbonyl (C=O) groups excluding carboxylic acids is 1. The Balaban J connectivity index is 1.41. The topological polar surface area (TPSA) is 35.6 Å². The second-order valence-corrected chi connectivity index (χ2v) is 6.78. The predicted octanol–water partition coefficient (Wildman–Crippen LogP) is 3.71. The van der Waals surface area contributed by atoms with E-state index in [-0.39, 0.29) is 6.03 Å². The maximum absolute atomic E-state index is 12.4.